The van der Waals surface area contributed by atoms with Crippen LogP contribution < -0.4 is 24.3 Å². The third-order valence-corrected chi connectivity index (χ3v) is 7.17. The second kappa shape index (κ2) is 11.3. The summed E-state index contributed by atoms with van der Waals surface area (Å²) in [5, 5.41) is 3.39. The van der Waals surface area contributed by atoms with Crippen molar-refractivity contribution >= 4 is 50.5 Å². The quantitative estimate of drug-likeness (QED) is 0.302. The number of aliphatic imine (C=N–C) groups is 1. The van der Waals surface area contributed by atoms with Crippen LogP contribution in [0.5, 0.6) is 23.0 Å². The zero-order valence-electron chi connectivity index (χ0n) is 20.4. The first-order valence-corrected chi connectivity index (χ1v) is 13.5. The number of nitrogens with one attached hydrogen (secondary N) is 1. The molecule has 1 fully saturated rings. The molecule has 9 heteroatoms. The molecule has 1 N–H and O–H groups in total. The van der Waals surface area contributed by atoms with Crippen molar-refractivity contribution in [3.05, 3.63) is 80.7 Å². The smallest absolute Gasteiger partial charge is 0.264 e. The van der Waals surface area contributed by atoms with E-state index in [0.29, 0.717) is 40.5 Å². The number of benzene rings is 3. The van der Waals surface area contributed by atoms with Crippen molar-refractivity contribution in [2.45, 2.75) is 26.9 Å². The van der Waals surface area contributed by atoms with Gasteiger partial charge in [-0.15, -0.1) is 0 Å². The van der Waals surface area contributed by atoms with Crippen molar-refractivity contribution in [1.82, 2.24) is 5.32 Å². The van der Waals surface area contributed by atoms with Gasteiger partial charge in [-0.25, -0.2) is 4.99 Å². The Hall–Kier alpha value is -3.43. The molecule has 0 saturated carbocycles. The van der Waals surface area contributed by atoms with Crippen molar-refractivity contribution in [3.8, 4) is 23.0 Å². The number of fused-ring (bicyclic) bond motifs is 1. The lowest BCUT2D eigenvalue weighted by Gasteiger charge is -2.15. The number of aryl methyl sites for hydroxylation is 1. The topological polar surface area (TPSA) is 78.4 Å². The lowest BCUT2D eigenvalue weighted by Crippen LogP contribution is -2.19. The minimum absolute atomic E-state index is 0.189. The molecule has 2 heterocycles. The van der Waals surface area contributed by atoms with E-state index in [0.717, 1.165) is 33.5 Å². The number of hydrogen-bond donors (Lipinski definition) is 1. The summed E-state index contributed by atoms with van der Waals surface area (Å²) in [5.41, 5.74) is 3.79. The highest BCUT2D eigenvalue weighted by molar-refractivity contribution is 9.10. The van der Waals surface area contributed by atoms with Crippen LogP contribution in [0.15, 0.2) is 69.0 Å². The van der Waals surface area contributed by atoms with Crippen LogP contribution in [0.1, 0.15) is 30.5 Å². The van der Waals surface area contributed by atoms with Gasteiger partial charge in [0.1, 0.15) is 6.61 Å². The molecule has 0 aromatic heterocycles. The maximum absolute atomic E-state index is 12.6. The molecule has 190 valence electrons. The zero-order valence-corrected chi connectivity index (χ0v) is 22.8. The number of carbonyl (C=O) groups is 1. The molecule has 2 aliphatic heterocycles. The third kappa shape index (κ3) is 5.94. The Labute approximate surface area is 228 Å². The van der Waals surface area contributed by atoms with Crippen LogP contribution in [0.4, 0.5) is 5.69 Å². The van der Waals surface area contributed by atoms with Crippen LogP contribution >= 0.6 is 27.7 Å². The largest absolute Gasteiger partial charge is 0.490 e. The summed E-state index contributed by atoms with van der Waals surface area (Å²) in [6.45, 7) is 5.05. The van der Waals surface area contributed by atoms with E-state index in [-0.39, 0.29) is 12.7 Å². The van der Waals surface area contributed by atoms with Crippen LogP contribution in [0, 0.1) is 0 Å². The van der Waals surface area contributed by atoms with Gasteiger partial charge in [0.15, 0.2) is 28.2 Å². The first-order valence-electron chi connectivity index (χ1n) is 11.9. The number of nitrogens with zero attached hydrogens (tertiary/aromatic N) is 1. The van der Waals surface area contributed by atoms with E-state index in [9.17, 15) is 4.79 Å². The van der Waals surface area contributed by atoms with Gasteiger partial charge in [0.2, 0.25) is 6.79 Å². The minimum atomic E-state index is -0.189. The molecule has 0 unspecified atom stereocenters. The molecular formula is C28H25BrN2O5S. The van der Waals surface area contributed by atoms with Crippen molar-refractivity contribution in [2.24, 2.45) is 4.99 Å². The Kier molecular flexibility index (Phi) is 7.71. The fourth-order valence-corrected chi connectivity index (χ4v) is 5.23. The summed E-state index contributed by atoms with van der Waals surface area (Å²) in [7, 11) is 0. The molecule has 0 bridgehead atoms. The SMILES string of the molecule is CCOc1cc(/C=C2\SC(=Nc3ccc(CC)cc3)NC2=O)cc(Br)c1OCc1ccc2c(c1)OCO2. The molecule has 3 aromatic carbocycles. The van der Waals surface area contributed by atoms with Gasteiger partial charge < -0.3 is 24.3 Å². The molecule has 5 rings (SSSR count). The molecule has 1 amide bonds. The predicted octanol–water partition coefficient (Wildman–Crippen LogP) is 6.61. The van der Waals surface area contributed by atoms with Gasteiger partial charge in [0.05, 0.1) is 21.7 Å². The first kappa shape index (κ1) is 25.2. The van der Waals surface area contributed by atoms with E-state index in [1.165, 1.54) is 17.3 Å². The fraction of sp³-hybridized carbons (Fsp3) is 0.214. The number of thioether (sulfide) groups is 1. The van der Waals surface area contributed by atoms with Gasteiger partial charge in [0, 0.05) is 0 Å². The summed E-state index contributed by atoms with van der Waals surface area (Å²) in [6, 6.07) is 17.5. The molecule has 0 aliphatic carbocycles. The van der Waals surface area contributed by atoms with Gasteiger partial charge in [-0.2, -0.15) is 0 Å². The summed E-state index contributed by atoms with van der Waals surface area (Å²) >= 11 is 4.92. The Morgan fingerprint density at radius 1 is 1.03 bits per heavy atom. The minimum Gasteiger partial charge on any atom is -0.490 e. The lowest BCUT2D eigenvalue weighted by molar-refractivity contribution is -0.115. The average Bonchev–Trinajstić information content (AvgIpc) is 3.49. The zero-order chi connectivity index (χ0) is 25.8. The van der Waals surface area contributed by atoms with Gasteiger partial charge >= 0.3 is 0 Å². The van der Waals surface area contributed by atoms with Gasteiger partial charge in [-0.05, 0) is 100 Å². The highest BCUT2D eigenvalue weighted by Gasteiger charge is 2.24. The monoisotopic (exact) mass is 580 g/mol. The number of ether oxygens (including phenoxy) is 4. The van der Waals surface area contributed by atoms with Crippen LogP contribution in [0.3, 0.4) is 0 Å². The van der Waals surface area contributed by atoms with Crippen molar-refractivity contribution < 1.29 is 23.7 Å². The standard InChI is InChI=1S/C28H25BrN2O5S/c1-3-17-5-8-20(9-6-17)30-28-31-27(32)25(37-28)14-19-11-21(29)26(24(13-19)33-4-2)34-15-18-7-10-22-23(12-18)36-16-35-22/h5-14H,3-4,15-16H2,1-2H3,(H,30,31,32)/b25-14-. The normalized spacial score (nSPS) is 16.4. The summed E-state index contributed by atoms with van der Waals surface area (Å²) in [6.07, 6.45) is 2.79. The number of halogens is 1. The number of rotatable bonds is 8. The Balaban J connectivity index is 1.33. The van der Waals surface area contributed by atoms with E-state index in [2.05, 4.69) is 33.2 Å². The van der Waals surface area contributed by atoms with E-state index in [1.54, 1.807) is 0 Å². The molecule has 37 heavy (non-hydrogen) atoms. The van der Waals surface area contributed by atoms with Crippen LogP contribution in [-0.2, 0) is 17.8 Å². The highest BCUT2D eigenvalue weighted by Crippen LogP contribution is 2.40. The number of hydrogen-bond acceptors (Lipinski definition) is 7. The predicted molar refractivity (Wildman–Crippen MR) is 149 cm³/mol. The van der Waals surface area contributed by atoms with E-state index in [1.807, 2.05) is 67.6 Å². The maximum Gasteiger partial charge on any atom is 0.264 e. The van der Waals surface area contributed by atoms with Gasteiger partial charge in [0.25, 0.3) is 5.91 Å². The van der Waals surface area contributed by atoms with Crippen molar-refractivity contribution in [2.75, 3.05) is 13.4 Å². The molecular weight excluding hydrogens is 556 g/mol. The molecule has 3 aromatic rings. The number of amides is 1. The Morgan fingerprint density at radius 2 is 1.81 bits per heavy atom. The summed E-state index contributed by atoms with van der Waals surface area (Å²) < 4.78 is 23.5. The summed E-state index contributed by atoms with van der Waals surface area (Å²) in [5.74, 6) is 2.42. The Bertz CT molecular complexity index is 1390. The van der Waals surface area contributed by atoms with Gasteiger partial charge in [-0.1, -0.05) is 25.1 Å². The fourth-order valence-electron chi connectivity index (χ4n) is 3.82. The molecule has 0 atom stereocenters. The third-order valence-electron chi connectivity index (χ3n) is 5.68. The highest BCUT2D eigenvalue weighted by atomic mass is 79.9. The van der Waals surface area contributed by atoms with Gasteiger partial charge in [-0.3, -0.25) is 4.79 Å². The lowest BCUT2D eigenvalue weighted by atomic mass is 10.1. The molecule has 0 spiro atoms. The van der Waals surface area contributed by atoms with Crippen molar-refractivity contribution in [1.29, 1.82) is 0 Å². The second-order valence-electron chi connectivity index (χ2n) is 8.24. The average molecular weight is 581 g/mol. The van der Waals surface area contributed by atoms with E-state index < -0.39 is 0 Å². The molecule has 0 radical (unpaired) electrons. The molecule has 7 nitrogen and oxygen atoms in total. The van der Waals surface area contributed by atoms with E-state index in [4.69, 9.17) is 18.9 Å². The summed E-state index contributed by atoms with van der Waals surface area (Å²) in [4.78, 5) is 17.7. The second-order valence-corrected chi connectivity index (χ2v) is 10.1. The van der Waals surface area contributed by atoms with Crippen molar-refractivity contribution in [3.63, 3.8) is 0 Å². The van der Waals surface area contributed by atoms with Crippen LogP contribution in [0.25, 0.3) is 6.08 Å². The molecule has 1 saturated heterocycles. The number of carbonyl (C=O) groups excluding carboxylic acids is 1. The van der Waals surface area contributed by atoms with Crippen LogP contribution in [0.2, 0.25) is 0 Å². The van der Waals surface area contributed by atoms with Crippen LogP contribution in [-0.4, -0.2) is 24.5 Å². The molecule has 2 aliphatic rings. The number of amidine groups is 1. The first-order chi connectivity index (χ1) is 18.0. The Morgan fingerprint density at radius 3 is 2.59 bits per heavy atom. The maximum atomic E-state index is 12.6. The van der Waals surface area contributed by atoms with E-state index >= 15 is 0 Å².